The smallest absolute Gasteiger partial charge is 0.270 e. The quantitative estimate of drug-likeness (QED) is 0.280. The molecule has 188 valence electrons. The van der Waals surface area contributed by atoms with E-state index in [1.807, 2.05) is 9.36 Å². The minimum atomic E-state index is -0.412. The Morgan fingerprint density at radius 2 is 1.11 bits per heavy atom. The van der Waals surface area contributed by atoms with Crippen LogP contribution in [0.25, 0.3) is 21.8 Å². The minimum absolute atomic E-state index is 0.0124. The van der Waals surface area contributed by atoms with Crippen molar-refractivity contribution >= 4 is 33.2 Å². The molecular weight excluding hydrogens is 468 g/mol. The van der Waals surface area contributed by atoms with Gasteiger partial charge in [-0.3, -0.25) is 29.6 Å². The van der Waals surface area contributed by atoms with Gasteiger partial charge >= 0.3 is 0 Å². The number of nitro benzene ring substituents is 2. The third-order valence-electron chi connectivity index (χ3n) is 6.33. The predicted octanol–water partition coefficient (Wildman–Crippen LogP) is 5.01. The van der Waals surface area contributed by atoms with Crippen molar-refractivity contribution in [1.82, 2.24) is 19.6 Å². The molecule has 0 spiro atoms. The number of nitro groups is 2. The molecule has 1 aliphatic rings. The normalized spacial score (nSPS) is 15.6. The summed E-state index contributed by atoms with van der Waals surface area (Å²) in [6, 6.07) is 9.46. The van der Waals surface area contributed by atoms with Gasteiger partial charge in [0.15, 0.2) is 0 Å². The van der Waals surface area contributed by atoms with Gasteiger partial charge in [-0.25, -0.2) is 0 Å². The fraction of sp³-hybridized carbons (Fsp3) is 0.417. The van der Waals surface area contributed by atoms with Gasteiger partial charge in [-0.05, 0) is 50.7 Å². The molecule has 2 aromatic carbocycles. The fourth-order valence-electron chi connectivity index (χ4n) is 4.48. The zero-order chi connectivity index (χ0) is 25.1. The average Bonchev–Trinajstić information content (AvgIpc) is 3.40. The number of ether oxygens (including phenoxy) is 2. The van der Waals surface area contributed by atoms with E-state index in [1.54, 1.807) is 12.1 Å². The molecule has 12 heteroatoms. The first-order chi connectivity index (χ1) is 17.5. The number of fused-ring (bicyclic) bond motifs is 10. The summed E-state index contributed by atoms with van der Waals surface area (Å²) in [4.78, 5) is 21.7. The van der Waals surface area contributed by atoms with Gasteiger partial charge in [0.05, 0.1) is 44.9 Å². The molecule has 1 aliphatic heterocycles. The van der Waals surface area contributed by atoms with Crippen LogP contribution >= 0.6 is 0 Å². The standard InChI is InChI=1S/C24H26N6O6/c31-29(32)17-7-9-21-19(15-17)24-25-27(21)11-3-1-5-13-35-23-20-16-18(30(33)34)8-10-22(20)28(26-23)12-4-2-6-14-36-24/h7-10,15-16H,1-6,11-14H2. The molecule has 0 N–H and O–H groups in total. The molecular formula is C24H26N6O6. The maximum Gasteiger partial charge on any atom is 0.270 e. The number of aryl methyl sites for hydroxylation is 2. The second-order valence-electron chi connectivity index (χ2n) is 8.79. The van der Waals surface area contributed by atoms with E-state index in [0.29, 0.717) is 48.8 Å². The van der Waals surface area contributed by atoms with E-state index in [-0.39, 0.29) is 11.4 Å². The Hall–Kier alpha value is -4.22. The lowest BCUT2D eigenvalue weighted by molar-refractivity contribution is -0.384. The van der Waals surface area contributed by atoms with E-state index in [2.05, 4.69) is 10.2 Å². The highest BCUT2D eigenvalue weighted by Crippen LogP contribution is 2.31. The lowest BCUT2D eigenvalue weighted by Gasteiger charge is -2.06. The van der Waals surface area contributed by atoms with Crippen molar-refractivity contribution in [2.24, 2.45) is 0 Å². The summed E-state index contributed by atoms with van der Waals surface area (Å²) in [6.45, 7) is 2.16. The molecule has 36 heavy (non-hydrogen) atoms. The summed E-state index contributed by atoms with van der Waals surface area (Å²) in [5, 5.41) is 33.0. The van der Waals surface area contributed by atoms with E-state index >= 15 is 0 Å². The van der Waals surface area contributed by atoms with E-state index in [1.165, 1.54) is 24.3 Å². The molecule has 4 aromatic rings. The number of non-ortho nitro benzene ring substituents is 2. The molecule has 0 atom stereocenters. The number of benzene rings is 2. The first-order valence-electron chi connectivity index (χ1n) is 12.1. The lowest BCUT2D eigenvalue weighted by atomic mass is 10.2. The van der Waals surface area contributed by atoms with Crippen molar-refractivity contribution in [2.45, 2.75) is 51.6 Å². The van der Waals surface area contributed by atoms with Crippen LogP contribution in [0.5, 0.6) is 11.8 Å². The van der Waals surface area contributed by atoms with Crippen LogP contribution < -0.4 is 9.47 Å². The molecule has 2 aromatic heterocycles. The van der Waals surface area contributed by atoms with Gasteiger partial charge < -0.3 is 9.47 Å². The maximum absolute atomic E-state index is 11.3. The van der Waals surface area contributed by atoms with E-state index in [9.17, 15) is 20.2 Å². The highest BCUT2D eigenvalue weighted by atomic mass is 16.6. The molecule has 0 amide bonds. The summed E-state index contributed by atoms with van der Waals surface area (Å²) in [5.74, 6) is 0.838. The summed E-state index contributed by atoms with van der Waals surface area (Å²) >= 11 is 0. The van der Waals surface area contributed by atoms with Gasteiger partial charge in [0.2, 0.25) is 11.8 Å². The lowest BCUT2D eigenvalue weighted by Crippen LogP contribution is -2.05. The minimum Gasteiger partial charge on any atom is -0.476 e. The van der Waals surface area contributed by atoms with Gasteiger partial charge in [0.1, 0.15) is 0 Å². The highest BCUT2D eigenvalue weighted by molar-refractivity contribution is 5.87. The zero-order valence-electron chi connectivity index (χ0n) is 19.7. The maximum atomic E-state index is 11.3. The largest absolute Gasteiger partial charge is 0.476 e. The Kier molecular flexibility index (Phi) is 6.65. The average molecular weight is 495 g/mol. The third kappa shape index (κ3) is 4.79. The SMILES string of the molecule is O=[N+]([O-])c1ccc2c(c1)c1nn2CCCCCOc2nn(c3ccc([N+](=O)[O-])cc23)CCCCCO1. The molecule has 5 rings (SSSR count). The van der Waals surface area contributed by atoms with E-state index in [0.717, 1.165) is 49.6 Å². The zero-order valence-corrected chi connectivity index (χ0v) is 19.7. The summed E-state index contributed by atoms with van der Waals surface area (Å²) in [5.41, 5.74) is 1.64. The number of hydrogen-bond donors (Lipinski definition) is 0. The number of rotatable bonds is 2. The second-order valence-corrected chi connectivity index (χ2v) is 8.79. The molecule has 4 bridgehead atoms. The van der Waals surface area contributed by atoms with Crippen LogP contribution in [-0.4, -0.2) is 42.6 Å². The van der Waals surface area contributed by atoms with Crippen LogP contribution in [0.4, 0.5) is 11.4 Å². The van der Waals surface area contributed by atoms with Crippen LogP contribution in [0.3, 0.4) is 0 Å². The van der Waals surface area contributed by atoms with Crippen LogP contribution in [0.15, 0.2) is 36.4 Å². The van der Waals surface area contributed by atoms with Crippen LogP contribution in [-0.2, 0) is 13.1 Å². The molecule has 0 radical (unpaired) electrons. The highest BCUT2D eigenvalue weighted by Gasteiger charge is 2.18. The van der Waals surface area contributed by atoms with Crippen molar-refractivity contribution in [1.29, 1.82) is 0 Å². The molecule has 0 aliphatic carbocycles. The molecule has 0 saturated heterocycles. The van der Waals surface area contributed by atoms with E-state index < -0.39 is 9.85 Å². The number of aromatic nitrogens is 4. The second kappa shape index (κ2) is 10.2. The number of nitrogens with zero attached hydrogens (tertiary/aromatic N) is 6. The van der Waals surface area contributed by atoms with Crippen molar-refractivity contribution in [3.8, 4) is 11.8 Å². The Balaban J connectivity index is 1.36. The first-order valence-corrected chi connectivity index (χ1v) is 12.1. The molecule has 12 nitrogen and oxygen atoms in total. The molecule has 0 fully saturated rings. The Morgan fingerprint density at radius 3 is 1.53 bits per heavy atom. The predicted molar refractivity (Wildman–Crippen MR) is 131 cm³/mol. The Bertz CT molecular complexity index is 1320. The van der Waals surface area contributed by atoms with Gasteiger partial charge in [-0.15, -0.1) is 10.2 Å². The third-order valence-corrected chi connectivity index (χ3v) is 6.33. The summed E-state index contributed by atoms with van der Waals surface area (Å²) < 4.78 is 15.6. The summed E-state index contributed by atoms with van der Waals surface area (Å²) in [7, 11) is 0. The van der Waals surface area contributed by atoms with Crippen LogP contribution in [0.2, 0.25) is 0 Å². The molecule has 3 heterocycles. The topological polar surface area (TPSA) is 140 Å². The van der Waals surface area contributed by atoms with Gasteiger partial charge in [-0.2, -0.15) is 0 Å². The molecule has 0 saturated carbocycles. The number of hydrogen-bond acceptors (Lipinski definition) is 8. The van der Waals surface area contributed by atoms with Gasteiger partial charge in [0.25, 0.3) is 11.4 Å². The Morgan fingerprint density at radius 1 is 0.667 bits per heavy atom. The van der Waals surface area contributed by atoms with E-state index in [4.69, 9.17) is 9.47 Å². The van der Waals surface area contributed by atoms with Crippen molar-refractivity contribution in [3.63, 3.8) is 0 Å². The van der Waals surface area contributed by atoms with Crippen LogP contribution in [0, 0.1) is 20.2 Å². The van der Waals surface area contributed by atoms with Gasteiger partial charge in [-0.1, -0.05) is 0 Å². The summed E-state index contributed by atoms with van der Waals surface area (Å²) in [6.07, 6.45) is 4.94. The first kappa shape index (κ1) is 23.5. The fourth-order valence-corrected chi connectivity index (χ4v) is 4.48. The van der Waals surface area contributed by atoms with Crippen molar-refractivity contribution in [3.05, 3.63) is 56.6 Å². The van der Waals surface area contributed by atoms with Crippen molar-refractivity contribution in [2.75, 3.05) is 13.2 Å². The van der Waals surface area contributed by atoms with Gasteiger partial charge in [0, 0.05) is 37.4 Å². The Labute approximate surface area is 205 Å². The monoisotopic (exact) mass is 494 g/mol. The molecule has 0 unspecified atom stereocenters. The van der Waals surface area contributed by atoms with Crippen molar-refractivity contribution < 1.29 is 19.3 Å². The van der Waals surface area contributed by atoms with Crippen LogP contribution in [0.1, 0.15) is 38.5 Å².